The Bertz CT molecular complexity index is 343. The van der Waals surface area contributed by atoms with Gasteiger partial charge in [-0.1, -0.05) is 0 Å². The second kappa shape index (κ2) is 7.73. The summed E-state index contributed by atoms with van der Waals surface area (Å²) in [5.74, 6) is -1.42. The zero-order chi connectivity index (χ0) is 14.3. The van der Waals surface area contributed by atoms with Gasteiger partial charge < -0.3 is 19.5 Å². The lowest BCUT2D eigenvalue weighted by Gasteiger charge is -2.31. The number of hydrogen-bond acceptors (Lipinski definition) is 5. The Morgan fingerprint density at radius 2 is 2.00 bits per heavy atom. The number of esters is 1. The van der Waals surface area contributed by atoms with Gasteiger partial charge in [0.1, 0.15) is 0 Å². The number of hydrogen-bond donors (Lipinski definition) is 1. The molecule has 0 aromatic carbocycles. The summed E-state index contributed by atoms with van der Waals surface area (Å²) in [6, 6.07) is 0. The number of nitrogens with zero attached hydrogens (tertiary/aromatic N) is 1. The molecule has 0 radical (unpaired) electrons. The largest absolute Gasteiger partial charge is 0.481 e. The highest BCUT2D eigenvalue weighted by molar-refractivity contribution is 5.79. The van der Waals surface area contributed by atoms with E-state index in [-0.39, 0.29) is 18.9 Å². The average molecular weight is 273 g/mol. The van der Waals surface area contributed by atoms with Crippen LogP contribution in [0.3, 0.4) is 0 Å². The molecule has 7 heteroatoms. The molecule has 1 aliphatic rings. The molecule has 0 spiro atoms. The fourth-order valence-electron chi connectivity index (χ4n) is 1.86. The van der Waals surface area contributed by atoms with E-state index in [4.69, 9.17) is 9.84 Å². The van der Waals surface area contributed by atoms with Gasteiger partial charge in [-0.2, -0.15) is 0 Å². The first-order chi connectivity index (χ1) is 9.04. The first-order valence-electron chi connectivity index (χ1n) is 6.23. The molecule has 19 heavy (non-hydrogen) atoms. The highest BCUT2D eigenvalue weighted by Crippen LogP contribution is 2.10. The van der Waals surface area contributed by atoms with Gasteiger partial charge in [-0.25, -0.2) is 4.79 Å². The second-order valence-corrected chi connectivity index (χ2v) is 4.32. The first kappa shape index (κ1) is 15.4. The van der Waals surface area contributed by atoms with Gasteiger partial charge in [0.2, 0.25) is 5.91 Å². The number of amides is 1. The molecule has 1 amide bonds. The van der Waals surface area contributed by atoms with E-state index in [1.807, 2.05) is 0 Å². The van der Waals surface area contributed by atoms with E-state index in [1.54, 1.807) is 4.90 Å². The van der Waals surface area contributed by atoms with E-state index in [0.29, 0.717) is 32.4 Å². The molecule has 1 atom stereocenters. The quantitative estimate of drug-likeness (QED) is 0.542. The molecule has 1 saturated heterocycles. The van der Waals surface area contributed by atoms with Crippen LogP contribution in [0.2, 0.25) is 0 Å². The van der Waals surface area contributed by atoms with Crippen LogP contribution in [-0.4, -0.2) is 60.8 Å². The summed E-state index contributed by atoms with van der Waals surface area (Å²) in [6.45, 7) is 0.955. The SMILES string of the molecule is COC(=O)C1CN(C(=O)CCCCC(=O)O)CCO1. The highest BCUT2D eigenvalue weighted by Gasteiger charge is 2.29. The van der Waals surface area contributed by atoms with Crippen LogP contribution >= 0.6 is 0 Å². The van der Waals surface area contributed by atoms with E-state index in [9.17, 15) is 14.4 Å². The van der Waals surface area contributed by atoms with Crippen molar-refractivity contribution in [1.29, 1.82) is 0 Å². The molecule has 0 bridgehead atoms. The summed E-state index contributed by atoms with van der Waals surface area (Å²) in [5, 5.41) is 8.49. The molecule has 7 nitrogen and oxygen atoms in total. The monoisotopic (exact) mass is 273 g/mol. The molecule has 0 aromatic heterocycles. The summed E-state index contributed by atoms with van der Waals surface area (Å²) >= 11 is 0. The third-order valence-electron chi connectivity index (χ3n) is 2.91. The maximum atomic E-state index is 11.9. The summed E-state index contributed by atoms with van der Waals surface area (Å²) in [6.07, 6.45) is 0.654. The third kappa shape index (κ3) is 5.25. The molecule has 0 aromatic rings. The number of carboxylic acids is 1. The predicted octanol–water partition coefficient (Wildman–Crippen LogP) is 0.0318. The molecule has 1 N–H and O–H groups in total. The summed E-state index contributed by atoms with van der Waals surface area (Å²) < 4.78 is 9.80. The van der Waals surface area contributed by atoms with Crippen LogP contribution in [0.1, 0.15) is 25.7 Å². The summed E-state index contributed by atoms with van der Waals surface area (Å²) in [7, 11) is 1.28. The molecule has 1 unspecified atom stereocenters. The zero-order valence-corrected chi connectivity index (χ0v) is 11.0. The van der Waals surface area contributed by atoms with Crippen molar-refractivity contribution in [2.45, 2.75) is 31.8 Å². The van der Waals surface area contributed by atoms with Crippen molar-refractivity contribution < 1.29 is 29.0 Å². The number of carboxylic acid groups (broad SMARTS) is 1. The van der Waals surface area contributed by atoms with Crippen molar-refractivity contribution in [3.05, 3.63) is 0 Å². The minimum absolute atomic E-state index is 0.0706. The standard InChI is InChI=1S/C12H19NO6/c1-18-12(17)9-8-13(6-7-19-9)10(14)4-2-3-5-11(15)16/h9H,2-8H2,1H3,(H,15,16). The van der Waals surface area contributed by atoms with Gasteiger partial charge in [0.25, 0.3) is 0 Å². The third-order valence-corrected chi connectivity index (χ3v) is 2.91. The number of unbranched alkanes of at least 4 members (excludes halogenated alkanes) is 1. The van der Waals surface area contributed by atoms with Gasteiger partial charge in [-0.3, -0.25) is 9.59 Å². The Kier molecular flexibility index (Phi) is 6.27. The number of rotatable bonds is 6. The number of carbonyl (C=O) groups excluding carboxylic acids is 2. The van der Waals surface area contributed by atoms with E-state index in [2.05, 4.69) is 4.74 Å². The van der Waals surface area contributed by atoms with Crippen molar-refractivity contribution in [2.24, 2.45) is 0 Å². The molecule has 0 aliphatic carbocycles. The maximum absolute atomic E-state index is 11.9. The number of ether oxygens (including phenoxy) is 2. The van der Waals surface area contributed by atoms with Crippen LogP contribution in [0.15, 0.2) is 0 Å². The van der Waals surface area contributed by atoms with Crippen LogP contribution in [-0.2, 0) is 23.9 Å². The number of morpholine rings is 1. The topological polar surface area (TPSA) is 93.1 Å². The molecule has 1 fully saturated rings. The van der Waals surface area contributed by atoms with Crippen LogP contribution in [0.5, 0.6) is 0 Å². The van der Waals surface area contributed by atoms with Gasteiger partial charge in [0.15, 0.2) is 6.10 Å². The Labute approximate surface area is 111 Å². The van der Waals surface area contributed by atoms with Crippen LogP contribution in [0.4, 0.5) is 0 Å². The van der Waals surface area contributed by atoms with Gasteiger partial charge in [0.05, 0.1) is 20.3 Å². The van der Waals surface area contributed by atoms with E-state index in [1.165, 1.54) is 7.11 Å². The Hall–Kier alpha value is -1.63. The smallest absolute Gasteiger partial charge is 0.336 e. The van der Waals surface area contributed by atoms with Crippen LogP contribution < -0.4 is 0 Å². The maximum Gasteiger partial charge on any atom is 0.336 e. The first-order valence-corrected chi connectivity index (χ1v) is 6.23. The molecule has 108 valence electrons. The van der Waals surface area contributed by atoms with Crippen molar-refractivity contribution in [3.8, 4) is 0 Å². The number of methoxy groups -OCH3 is 1. The lowest BCUT2D eigenvalue weighted by atomic mass is 10.1. The minimum atomic E-state index is -0.857. The average Bonchev–Trinajstić information content (AvgIpc) is 2.42. The van der Waals surface area contributed by atoms with Gasteiger partial charge in [-0.05, 0) is 12.8 Å². The summed E-state index contributed by atoms with van der Waals surface area (Å²) in [4.78, 5) is 35.1. The van der Waals surface area contributed by atoms with E-state index in [0.717, 1.165) is 0 Å². The van der Waals surface area contributed by atoms with Crippen LogP contribution in [0.25, 0.3) is 0 Å². The van der Waals surface area contributed by atoms with Gasteiger partial charge in [-0.15, -0.1) is 0 Å². The molecular weight excluding hydrogens is 254 g/mol. The van der Waals surface area contributed by atoms with Crippen molar-refractivity contribution in [1.82, 2.24) is 4.90 Å². The van der Waals surface area contributed by atoms with E-state index >= 15 is 0 Å². The fraction of sp³-hybridized carbons (Fsp3) is 0.750. The fourth-order valence-corrected chi connectivity index (χ4v) is 1.86. The zero-order valence-electron chi connectivity index (χ0n) is 11.0. The molecular formula is C12H19NO6. The molecule has 1 aliphatic heterocycles. The molecule has 1 rings (SSSR count). The van der Waals surface area contributed by atoms with Crippen LogP contribution in [0, 0.1) is 0 Å². The molecule has 1 heterocycles. The number of carbonyl (C=O) groups is 3. The highest BCUT2D eigenvalue weighted by atomic mass is 16.6. The van der Waals surface area contributed by atoms with E-state index < -0.39 is 18.0 Å². The van der Waals surface area contributed by atoms with Crippen molar-refractivity contribution in [2.75, 3.05) is 26.8 Å². The number of aliphatic carboxylic acids is 1. The lowest BCUT2D eigenvalue weighted by molar-refractivity contribution is -0.162. The predicted molar refractivity (Wildman–Crippen MR) is 64.4 cm³/mol. The Balaban J connectivity index is 2.31. The Morgan fingerprint density at radius 3 is 2.63 bits per heavy atom. The van der Waals surface area contributed by atoms with Gasteiger partial charge >= 0.3 is 11.9 Å². The normalized spacial score (nSPS) is 19.0. The molecule has 0 saturated carbocycles. The van der Waals surface area contributed by atoms with Crippen molar-refractivity contribution in [3.63, 3.8) is 0 Å². The van der Waals surface area contributed by atoms with Crippen molar-refractivity contribution >= 4 is 17.8 Å². The second-order valence-electron chi connectivity index (χ2n) is 4.32. The summed E-state index contributed by atoms with van der Waals surface area (Å²) in [5.41, 5.74) is 0. The van der Waals surface area contributed by atoms with Gasteiger partial charge in [0, 0.05) is 19.4 Å². The Morgan fingerprint density at radius 1 is 1.32 bits per heavy atom. The lowest BCUT2D eigenvalue weighted by Crippen LogP contribution is -2.48. The minimum Gasteiger partial charge on any atom is -0.481 e.